The Morgan fingerprint density at radius 1 is 1.22 bits per heavy atom. The molecule has 27 heavy (non-hydrogen) atoms. The minimum Gasteiger partial charge on any atom is -0.383 e. The minimum atomic E-state index is -3.94. The van der Waals surface area contributed by atoms with Gasteiger partial charge in [-0.3, -0.25) is 9.52 Å². The van der Waals surface area contributed by atoms with Crippen LogP contribution in [0, 0.1) is 19.3 Å². The van der Waals surface area contributed by atoms with Gasteiger partial charge in [0.05, 0.1) is 23.7 Å². The number of carbonyl (C=O) groups is 1. The Bertz CT molecular complexity index is 844. The molecule has 2 rings (SSSR count). The van der Waals surface area contributed by atoms with Gasteiger partial charge in [-0.05, 0) is 37.0 Å². The summed E-state index contributed by atoms with van der Waals surface area (Å²) in [6.45, 7) is 11.2. The normalized spacial score (nSPS) is 14.3. The van der Waals surface area contributed by atoms with E-state index in [0.29, 0.717) is 30.1 Å². The van der Waals surface area contributed by atoms with Crippen molar-refractivity contribution in [2.24, 2.45) is 10.6 Å². The molecule has 0 unspecified atom stereocenters. The van der Waals surface area contributed by atoms with Crippen molar-refractivity contribution in [3.63, 3.8) is 0 Å². The van der Waals surface area contributed by atoms with E-state index in [9.17, 15) is 13.2 Å². The number of hydrogen-bond donors (Lipinski definition) is 3. The van der Waals surface area contributed by atoms with Crippen molar-refractivity contribution >= 4 is 33.2 Å². The monoisotopic (exact) mass is 398 g/mol. The van der Waals surface area contributed by atoms with E-state index < -0.39 is 15.6 Å². The first-order chi connectivity index (χ1) is 12.4. The van der Waals surface area contributed by atoms with E-state index in [4.69, 9.17) is 9.88 Å². The standard InChI is InChI=1S/C18H30N4O4S/c1-11-13-7-8-22(9-10-26-6)16(13)15(20-17(23)18(3,4)5)12(2)14(11)21-27(19,24)25/h21H,7-10H2,1-6H3,(H,20,23)(H2,19,24,25). The van der Waals surface area contributed by atoms with Crippen LogP contribution in [0.15, 0.2) is 0 Å². The molecule has 4 N–H and O–H groups in total. The summed E-state index contributed by atoms with van der Waals surface area (Å²) in [7, 11) is -2.29. The van der Waals surface area contributed by atoms with E-state index in [2.05, 4.69) is 14.9 Å². The van der Waals surface area contributed by atoms with Crippen LogP contribution in [0.3, 0.4) is 0 Å². The van der Waals surface area contributed by atoms with Crippen LogP contribution in [0.1, 0.15) is 37.5 Å². The second-order valence-corrected chi connectivity index (χ2v) is 9.20. The molecule has 0 saturated carbocycles. The Labute approximate surface area is 161 Å². The zero-order valence-electron chi connectivity index (χ0n) is 16.9. The lowest BCUT2D eigenvalue weighted by molar-refractivity contribution is -0.123. The highest BCUT2D eigenvalue weighted by molar-refractivity contribution is 7.90. The van der Waals surface area contributed by atoms with Crippen LogP contribution in [0.25, 0.3) is 0 Å². The maximum absolute atomic E-state index is 12.7. The largest absolute Gasteiger partial charge is 0.383 e. The van der Waals surface area contributed by atoms with Gasteiger partial charge in [0.25, 0.3) is 10.2 Å². The number of rotatable bonds is 6. The lowest BCUT2D eigenvalue weighted by atomic mass is 9.94. The van der Waals surface area contributed by atoms with Gasteiger partial charge in [-0.25, -0.2) is 5.14 Å². The molecule has 8 nitrogen and oxygen atoms in total. The quantitative estimate of drug-likeness (QED) is 0.677. The highest BCUT2D eigenvalue weighted by Crippen LogP contribution is 2.45. The fourth-order valence-corrected chi connectivity index (χ4v) is 3.84. The van der Waals surface area contributed by atoms with Crippen LogP contribution < -0.4 is 20.1 Å². The number of fused-ring (bicyclic) bond motifs is 1. The van der Waals surface area contributed by atoms with Crippen LogP contribution in [-0.4, -0.2) is 41.1 Å². The van der Waals surface area contributed by atoms with Gasteiger partial charge in [0.1, 0.15) is 0 Å². The molecule has 0 fully saturated rings. The Balaban J connectivity index is 2.64. The third kappa shape index (κ3) is 4.72. The smallest absolute Gasteiger partial charge is 0.296 e. The van der Waals surface area contributed by atoms with Crippen molar-refractivity contribution in [2.75, 3.05) is 41.7 Å². The third-order valence-corrected chi connectivity index (χ3v) is 5.27. The molecule has 1 aliphatic rings. The van der Waals surface area contributed by atoms with Gasteiger partial charge >= 0.3 is 0 Å². The summed E-state index contributed by atoms with van der Waals surface area (Å²) in [5.74, 6) is -0.142. The van der Waals surface area contributed by atoms with Crippen molar-refractivity contribution in [3.8, 4) is 0 Å². The van der Waals surface area contributed by atoms with Gasteiger partial charge in [0.2, 0.25) is 5.91 Å². The number of benzene rings is 1. The van der Waals surface area contributed by atoms with Crippen LogP contribution in [0.2, 0.25) is 0 Å². The van der Waals surface area contributed by atoms with E-state index in [1.54, 1.807) is 14.0 Å². The molecular weight excluding hydrogens is 368 g/mol. The Kier molecular flexibility index (Phi) is 6.08. The second-order valence-electron chi connectivity index (χ2n) is 7.91. The van der Waals surface area contributed by atoms with Gasteiger partial charge in [-0.15, -0.1) is 0 Å². The number of carbonyl (C=O) groups excluding carboxylic acids is 1. The van der Waals surface area contributed by atoms with Gasteiger partial charge in [-0.2, -0.15) is 8.42 Å². The van der Waals surface area contributed by atoms with E-state index in [-0.39, 0.29) is 5.91 Å². The predicted molar refractivity (Wildman–Crippen MR) is 109 cm³/mol. The number of anilines is 3. The molecule has 1 aliphatic heterocycles. The van der Waals surface area contributed by atoms with Crippen LogP contribution >= 0.6 is 0 Å². The van der Waals surface area contributed by atoms with Crippen molar-refractivity contribution in [1.29, 1.82) is 0 Å². The first-order valence-corrected chi connectivity index (χ1v) is 10.4. The number of methoxy groups -OCH3 is 1. The summed E-state index contributed by atoms with van der Waals surface area (Å²) in [5.41, 5.74) is 3.86. The zero-order valence-corrected chi connectivity index (χ0v) is 17.7. The average Bonchev–Trinajstić information content (AvgIpc) is 2.95. The van der Waals surface area contributed by atoms with Crippen molar-refractivity contribution in [2.45, 2.75) is 41.0 Å². The molecule has 1 amide bonds. The predicted octanol–water partition coefficient (Wildman–Crippen LogP) is 1.91. The van der Waals surface area contributed by atoms with Crippen molar-refractivity contribution in [3.05, 3.63) is 16.7 Å². The topological polar surface area (TPSA) is 114 Å². The molecule has 1 heterocycles. The molecule has 1 aromatic rings. The molecule has 0 atom stereocenters. The molecule has 152 valence electrons. The first-order valence-electron chi connectivity index (χ1n) is 8.88. The van der Waals surface area contributed by atoms with E-state index in [1.807, 2.05) is 27.7 Å². The zero-order chi connectivity index (χ0) is 20.6. The highest BCUT2D eigenvalue weighted by Gasteiger charge is 2.31. The maximum atomic E-state index is 12.7. The minimum absolute atomic E-state index is 0.142. The van der Waals surface area contributed by atoms with Crippen LogP contribution in [0.4, 0.5) is 17.1 Å². The summed E-state index contributed by atoms with van der Waals surface area (Å²) < 4.78 is 30.9. The lowest BCUT2D eigenvalue weighted by Crippen LogP contribution is -2.31. The molecule has 9 heteroatoms. The van der Waals surface area contributed by atoms with Gasteiger partial charge in [0.15, 0.2) is 0 Å². The lowest BCUT2D eigenvalue weighted by Gasteiger charge is -2.28. The van der Waals surface area contributed by atoms with E-state index in [0.717, 1.165) is 29.8 Å². The molecule has 0 aromatic heterocycles. The van der Waals surface area contributed by atoms with Crippen LogP contribution in [-0.2, 0) is 26.2 Å². The van der Waals surface area contributed by atoms with Gasteiger partial charge < -0.3 is 15.0 Å². The number of amides is 1. The number of nitrogens with two attached hydrogens (primary N) is 1. The summed E-state index contributed by atoms with van der Waals surface area (Å²) >= 11 is 0. The molecule has 0 saturated heterocycles. The first kappa shape index (κ1) is 21.5. The Morgan fingerprint density at radius 2 is 1.85 bits per heavy atom. The fourth-order valence-electron chi connectivity index (χ4n) is 3.25. The van der Waals surface area contributed by atoms with Crippen molar-refractivity contribution < 1.29 is 17.9 Å². The number of nitrogens with one attached hydrogen (secondary N) is 2. The summed E-state index contributed by atoms with van der Waals surface area (Å²) in [4.78, 5) is 14.8. The SMILES string of the molecule is COCCN1CCc2c(C)c(NS(N)(=O)=O)c(C)c(NC(=O)C(C)(C)C)c21. The van der Waals surface area contributed by atoms with Gasteiger partial charge in [0, 0.05) is 25.6 Å². The fraction of sp³-hybridized carbons (Fsp3) is 0.611. The summed E-state index contributed by atoms with van der Waals surface area (Å²) in [6, 6.07) is 0. The molecule has 0 aliphatic carbocycles. The molecule has 0 spiro atoms. The second kappa shape index (κ2) is 7.65. The number of ether oxygens (including phenoxy) is 1. The van der Waals surface area contributed by atoms with E-state index in [1.165, 1.54) is 0 Å². The Morgan fingerprint density at radius 3 is 2.37 bits per heavy atom. The summed E-state index contributed by atoms with van der Waals surface area (Å²) in [5, 5.41) is 8.22. The molecular formula is C18H30N4O4S. The summed E-state index contributed by atoms with van der Waals surface area (Å²) in [6.07, 6.45) is 0.753. The third-order valence-electron chi connectivity index (χ3n) is 4.78. The van der Waals surface area contributed by atoms with Crippen molar-refractivity contribution in [1.82, 2.24) is 0 Å². The average molecular weight is 399 g/mol. The number of hydrogen-bond acceptors (Lipinski definition) is 5. The molecule has 0 bridgehead atoms. The highest BCUT2D eigenvalue weighted by atomic mass is 32.2. The molecule has 0 radical (unpaired) electrons. The van der Waals surface area contributed by atoms with Crippen LogP contribution in [0.5, 0.6) is 0 Å². The number of nitrogens with zero attached hydrogens (tertiary/aromatic N) is 1. The molecule has 1 aromatic carbocycles. The maximum Gasteiger partial charge on any atom is 0.296 e. The Hall–Kier alpha value is -1.84. The van der Waals surface area contributed by atoms with E-state index >= 15 is 0 Å². The van der Waals surface area contributed by atoms with Gasteiger partial charge in [-0.1, -0.05) is 20.8 Å².